The number of hydrogen-bond donors (Lipinski definition) is 1. The van der Waals surface area contributed by atoms with E-state index in [0.29, 0.717) is 30.3 Å². The second kappa shape index (κ2) is 9.58. The van der Waals surface area contributed by atoms with E-state index in [-0.39, 0.29) is 25.4 Å². The number of carbonyl (C=O) groups excluding carboxylic acids is 2. The molecule has 2 aromatic rings. The molecule has 160 valence electrons. The van der Waals surface area contributed by atoms with Gasteiger partial charge in [-0.1, -0.05) is 0 Å². The minimum absolute atomic E-state index is 0.0307. The zero-order valence-corrected chi connectivity index (χ0v) is 17.2. The molecule has 30 heavy (non-hydrogen) atoms. The van der Waals surface area contributed by atoms with E-state index in [4.69, 9.17) is 15.2 Å². The molecule has 1 heterocycles. The Morgan fingerprint density at radius 2 is 1.73 bits per heavy atom. The number of ether oxygens (including phenoxy) is 2. The van der Waals surface area contributed by atoms with Crippen molar-refractivity contribution < 1.29 is 23.5 Å². The Morgan fingerprint density at radius 3 is 2.33 bits per heavy atom. The molecule has 2 amide bonds. The number of methoxy groups -OCH3 is 2. The molecule has 7 nitrogen and oxygen atoms in total. The lowest BCUT2D eigenvalue weighted by Crippen LogP contribution is -2.43. The van der Waals surface area contributed by atoms with Crippen LogP contribution >= 0.6 is 0 Å². The second-order valence-electron chi connectivity index (χ2n) is 7.17. The van der Waals surface area contributed by atoms with Crippen molar-refractivity contribution in [3.05, 3.63) is 53.3 Å². The Labute approximate surface area is 175 Å². The maximum Gasteiger partial charge on any atom is 0.241 e. The number of nitrogens with zero attached hydrogens (tertiary/aromatic N) is 2. The van der Waals surface area contributed by atoms with Crippen LogP contribution in [0.3, 0.4) is 0 Å². The van der Waals surface area contributed by atoms with Crippen molar-refractivity contribution in [1.29, 1.82) is 0 Å². The van der Waals surface area contributed by atoms with Crippen LogP contribution in [0.4, 0.5) is 10.1 Å². The highest BCUT2D eigenvalue weighted by Crippen LogP contribution is 2.33. The Balaban J connectivity index is 1.74. The molecule has 2 N–H and O–H groups in total. The summed E-state index contributed by atoms with van der Waals surface area (Å²) in [7, 11) is 3.20. The van der Waals surface area contributed by atoms with Crippen LogP contribution in [0.25, 0.3) is 0 Å². The molecule has 0 bridgehead atoms. The highest BCUT2D eigenvalue weighted by Gasteiger charge is 2.24. The molecular formula is C22H26FN3O4. The van der Waals surface area contributed by atoms with E-state index in [2.05, 4.69) is 0 Å². The molecule has 0 spiro atoms. The van der Waals surface area contributed by atoms with Crippen LogP contribution in [-0.4, -0.2) is 50.6 Å². The zero-order chi connectivity index (χ0) is 21.7. The number of carbonyl (C=O) groups is 2. The second-order valence-corrected chi connectivity index (χ2v) is 7.17. The van der Waals surface area contributed by atoms with Gasteiger partial charge in [0.15, 0.2) is 11.5 Å². The average molecular weight is 415 g/mol. The number of benzene rings is 2. The highest BCUT2D eigenvalue weighted by atomic mass is 19.1. The number of primary amides is 1. The minimum atomic E-state index is -0.497. The van der Waals surface area contributed by atoms with Gasteiger partial charge in [-0.05, 0) is 53.9 Å². The SMILES string of the molecule is COc1cc2c(cc1OC)CN(CC(=O)N(CCC(N)=O)c1ccc(F)cc1)CC2. The fourth-order valence-corrected chi connectivity index (χ4v) is 3.59. The van der Waals surface area contributed by atoms with E-state index in [1.54, 1.807) is 14.2 Å². The third-order valence-electron chi connectivity index (χ3n) is 5.18. The van der Waals surface area contributed by atoms with Gasteiger partial charge in [0.2, 0.25) is 11.8 Å². The summed E-state index contributed by atoms with van der Waals surface area (Å²) >= 11 is 0. The topological polar surface area (TPSA) is 85.1 Å². The largest absolute Gasteiger partial charge is 0.493 e. The lowest BCUT2D eigenvalue weighted by atomic mass is 9.98. The van der Waals surface area contributed by atoms with E-state index in [0.717, 1.165) is 12.0 Å². The third-order valence-corrected chi connectivity index (χ3v) is 5.18. The summed E-state index contributed by atoms with van der Waals surface area (Å²) in [5.74, 6) is 0.279. The summed E-state index contributed by atoms with van der Waals surface area (Å²) in [6, 6.07) is 9.54. The molecular weight excluding hydrogens is 389 g/mol. The molecule has 0 saturated carbocycles. The van der Waals surface area contributed by atoms with E-state index in [9.17, 15) is 14.0 Å². The van der Waals surface area contributed by atoms with Crippen molar-refractivity contribution in [3.8, 4) is 11.5 Å². The van der Waals surface area contributed by atoms with Crippen LogP contribution < -0.4 is 20.1 Å². The van der Waals surface area contributed by atoms with Gasteiger partial charge in [0.05, 0.1) is 20.8 Å². The van der Waals surface area contributed by atoms with Gasteiger partial charge in [-0.2, -0.15) is 0 Å². The lowest BCUT2D eigenvalue weighted by molar-refractivity contribution is -0.120. The summed E-state index contributed by atoms with van der Waals surface area (Å²) in [5.41, 5.74) is 8.04. The summed E-state index contributed by atoms with van der Waals surface area (Å²) in [6.07, 6.45) is 0.809. The van der Waals surface area contributed by atoms with E-state index < -0.39 is 11.7 Å². The first-order valence-electron chi connectivity index (χ1n) is 9.71. The smallest absolute Gasteiger partial charge is 0.241 e. The summed E-state index contributed by atoms with van der Waals surface area (Å²) in [6.45, 7) is 1.62. The summed E-state index contributed by atoms with van der Waals surface area (Å²) < 4.78 is 24.0. The third kappa shape index (κ3) is 5.07. The van der Waals surface area contributed by atoms with E-state index in [1.165, 1.54) is 34.7 Å². The molecule has 1 aliphatic heterocycles. The van der Waals surface area contributed by atoms with E-state index in [1.807, 2.05) is 17.0 Å². The van der Waals surface area contributed by atoms with Gasteiger partial charge < -0.3 is 20.1 Å². The van der Waals surface area contributed by atoms with Crippen molar-refractivity contribution in [3.63, 3.8) is 0 Å². The first-order valence-corrected chi connectivity index (χ1v) is 9.71. The van der Waals surface area contributed by atoms with Gasteiger partial charge in [0, 0.05) is 31.7 Å². The molecule has 0 saturated heterocycles. The van der Waals surface area contributed by atoms with Gasteiger partial charge in [-0.15, -0.1) is 0 Å². The predicted octanol–water partition coefficient (Wildman–Crippen LogP) is 2.11. The maximum absolute atomic E-state index is 13.3. The molecule has 0 atom stereocenters. The van der Waals surface area contributed by atoms with Gasteiger partial charge >= 0.3 is 0 Å². The molecule has 0 unspecified atom stereocenters. The van der Waals surface area contributed by atoms with Gasteiger partial charge in [0.25, 0.3) is 0 Å². The van der Waals surface area contributed by atoms with Crippen LogP contribution in [0.2, 0.25) is 0 Å². The minimum Gasteiger partial charge on any atom is -0.493 e. The van der Waals surface area contributed by atoms with Gasteiger partial charge in [-0.25, -0.2) is 4.39 Å². The van der Waals surface area contributed by atoms with Crippen LogP contribution in [0.15, 0.2) is 36.4 Å². The van der Waals surface area contributed by atoms with Crippen LogP contribution in [-0.2, 0) is 22.6 Å². The molecule has 3 rings (SSSR count). The van der Waals surface area contributed by atoms with Crippen molar-refractivity contribution in [2.45, 2.75) is 19.4 Å². The first-order chi connectivity index (χ1) is 14.4. The van der Waals surface area contributed by atoms with Crippen LogP contribution in [0, 0.1) is 5.82 Å². The van der Waals surface area contributed by atoms with Gasteiger partial charge in [0.1, 0.15) is 5.82 Å². The maximum atomic E-state index is 13.3. The number of amides is 2. The molecule has 8 heteroatoms. The summed E-state index contributed by atoms with van der Waals surface area (Å²) in [5, 5.41) is 0. The number of hydrogen-bond acceptors (Lipinski definition) is 5. The monoisotopic (exact) mass is 415 g/mol. The number of rotatable bonds is 8. The van der Waals surface area contributed by atoms with Gasteiger partial charge in [-0.3, -0.25) is 14.5 Å². The van der Waals surface area contributed by atoms with Crippen molar-refractivity contribution in [2.75, 3.05) is 38.8 Å². The van der Waals surface area contributed by atoms with Crippen LogP contribution in [0.5, 0.6) is 11.5 Å². The normalized spacial score (nSPS) is 13.4. The molecule has 0 fully saturated rings. The molecule has 1 aliphatic rings. The van der Waals surface area contributed by atoms with Crippen molar-refractivity contribution in [1.82, 2.24) is 4.90 Å². The quantitative estimate of drug-likeness (QED) is 0.714. The Morgan fingerprint density at radius 1 is 1.10 bits per heavy atom. The summed E-state index contributed by atoms with van der Waals surface area (Å²) in [4.78, 5) is 27.8. The standard InChI is InChI=1S/C22H26FN3O4/c1-29-19-11-15-7-9-25(13-16(15)12-20(19)30-2)14-22(28)26(10-8-21(24)27)18-5-3-17(23)4-6-18/h3-6,11-12H,7-10,13-14H2,1-2H3,(H2,24,27). The highest BCUT2D eigenvalue weighted by molar-refractivity contribution is 5.95. The predicted molar refractivity (Wildman–Crippen MR) is 111 cm³/mol. The van der Waals surface area contributed by atoms with E-state index >= 15 is 0 Å². The molecule has 0 aromatic heterocycles. The molecule has 2 aromatic carbocycles. The fourth-order valence-electron chi connectivity index (χ4n) is 3.59. The average Bonchev–Trinajstić information content (AvgIpc) is 2.73. The zero-order valence-electron chi connectivity index (χ0n) is 17.2. The number of fused-ring (bicyclic) bond motifs is 1. The molecule has 0 radical (unpaired) electrons. The number of nitrogens with two attached hydrogens (primary N) is 1. The molecule has 0 aliphatic carbocycles. The number of halogens is 1. The fraction of sp³-hybridized carbons (Fsp3) is 0.364. The van der Waals surface area contributed by atoms with Crippen molar-refractivity contribution in [2.24, 2.45) is 5.73 Å². The first kappa shape index (κ1) is 21.6. The lowest BCUT2D eigenvalue weighted by Gasteiger charge is -2.31. The Hall–Kier alpha value is -3.13. The Kier molecular flexibility index (Phi) is 6.89. The Bertz CT molecular complexity index is 917. The van der Waals surface area contributed by atoms with Crippen molar-refractivity contribution >= 4 is 17.5 Å². The number of anilines is 1. The van der Waals surface area contributed by atoms with Crippen LogP contribution in [0.1, 0.15) is 17.5 Å².